The van der Waals surface area contributed by atoms with Gasteiger partial charge in [0.05, 0.1) is 24.2 Å². The van der Waals surface area contributed by atoms with E-state index in [0.29, 0.717) is 26.1 Å². The Morgan fingerprint density at radius 3 is 2.80 bits per heavy atom. The lowest BCUT2D eigenvalue weighted by molar-refractivity contribution is -0.385. The standard InChI is InChI=1S/C11H16N4O5/c1-19-10-8(15(17)18)9(12-7-13-10)14-11(6-16)2-4-20-5-3-11/h7,16H,2-6H2,1H3,(H,12,13,14). The fourth-order valence-electron chi connectivity index (χ4n) is 2.10. The van der Waals surface area contributed by atoms with Crippen LogP contribution in [0.1, 0.15) is 12.8 Å². The van der Waals surface area contributed by atoms with Crippen LogP contribution in [0.2, 0.25) is 0 Å². The van der Waals surface area contributed by atoms with Gasteiger partial charge in [0, 0.05) is 13.2 Å². The van der Waals surface area contributed by atoms with Crippen molar-refractivity contribution < 1.29 is 19.5 Å². The van der Waals surface area contributed by atoms with E-state index in [9.17, 15) is 15.2 Å². The van der Waals surface area contributed by atoms with Gasteiger partial charge in [0.1, 0.15) is 6.33 Å². The van der Waals surface area contributed by atoms with Crippen molar-refractivity contribution in [2.24, 2.45) is 0 Å². The van der Waals surface area contributed by atoms with E-state index in [-0.39, 0.29) is 24.0 Å². The summed E-state index contributed by atoms with van der Waals surface area (Å²) in [7, 11) is 1.30. The van der Waals surface area contributed by atoms with Crippen LogP contribution in [0.4, 0.5) is 11.5 Å². The predicted octanol–water partition coefficient (Wildman–Crippen LogP) is 0.347. The van der Waals surface area contributed by atoms with E-state index in [1.807, 2.05) is 0 Å². The van der Waals surface area contributed by atoms with Crippen molar-refractivity contribution in [3.63, 3.8) is 0 Å². The number of aromatic nitrogens is 2. The van der Waals surface area contributed by atoms with Gasteiger partial charge in [-0.05, 0) is 12.8 Å². The number of nitrogens with zero attached hydrogens (tertiary/aromatic N) is 3. The van der Waals surface area contributed by atoms with Gasteiger partial charge in [-0.15, -0.1) is 0 Å². The average molecular weight is 284 g/mol. The second-order valence-electron chi connectivity index (χ2n) is 4.51. The number of aliphatic hydroxyl groups excluding tert-OH is 1. The third kappa shape index (κ3) is 2.78. The first kappa shape index (κ1) is 14.4. The molecule has 0 atom stereocenters. The van der Waals surface area contributed by atoms with E-state index in [1.165, 1.54) is 13.4 Å². The lowest BCUT2D eigenvalue weighted by Crippen LogP contribution is -2.47. The monoisotopic (exact) mass is 284 g/mol. The third-order valence-electron chi connectivity index (χ3n) is 3.30. The molecule has 1 aromatic rings. The van der Waals surface area contributed by atoms with Gasteiger partial charge in [0.15, 0.2) is 0 Å². The summed E-state index contributed by atoms with van der Waals surface area (Å²) in [6, 6.07) is 0. The molecule has 0 unspecified atom stereocenters. The number of nitro groups is 1. The average Bonchev–Trinajstić information content (AvgIpc) is 2.47. The van der Waals surface area contributed by atoms with Crippen LogP contribution in [0.3, 0.4) is 0 Å². The molecule has 0 amide bonds. The van der Waals surface area contributed by atoms with Crippen LogP contribution in [0.15, 0.2) is 6.33 Å². The zero-order valence-corrected chi connectivity index (χ0v) is 11.0. The van der Waals surface area contributed by atoms with Crippen molar-refractivity contribution in [2.45, 2.75) is 18.4 Å². The molecule has 1 aliphatic rings. The Bertz CT molecular complexity index is 490. The van der Waals surface area contributed by atoms with Crippen molar-refractivity contribution in [3.8, 4) is 5.88 Å². The number of hydrogen-bond donors (Lipinski definition) is 2. The summed E-state index contributed by atoms with van der Waals surface area (Å²) in [5.74, 6) is -0.0783. The largest absolute Gasteiger partial charge is 0.476 e. The minimum absolute atomic E-state index is 0.0396. The Morgan fingerprint density at radius 1 is 1.55 bits per heavy atom. The molecule has 1 fully saturated rings. The van der Waals surface area contributed by atoms with Crippen LogP contribution in [0.25, 0.3) is 0 Å². The molecule has 1 aromatic heterocycles. The van der Waals surface area contributed by atoms with Crippen molar-refractivity contribution >= 4 is 11.5 Å². The van der Waals surface area contributed by atoms with Gasteiger partial charge in [0.25, 0.3) is 5.88 Å². The highest BCUT2D eigenvalue weighted by molar-refractivity contribution is 5.62. The summed E-state index contributed by atoms with van der Waals surface area (Å²) in [6.45, 7) is 0.785. The molecular weight excluding hydrogens is 268 g/mol. The highest BCUT2D eigenvalue weighted by Gasteiger charge is 2.35. The zero-order chi connectivity index (χ0) is 14.6. The molecule has 1 saturated heterocycles. The summed E-state index contributed by atoms with van der Waals surface area (Å²) in [5.41, 5.74) is -1.02. The minimum Gasteiger partial charge on any atom is -0.476 e. The van der Waals surface area contributed by atoms with Gasteiger partial charge in [-0.25, -0.2) is 4.98 Å². The smallest absolute Gasteiger partial charge is 0.372 e. The molecule has 0 saturated carbocycles. The second kappa shape index (κ2) is 5.97. The van der Waals surface area contributed by atoms with Crippen LogP contribution in [0.5, 0.6) is 5.88 Å². The lowest BCUT2D eigenvalue weighted by Gasteiger charge is -2.36. The molecule has 9 heteroatoms. The maximum atomic E-state index is 11.2. The molecule has 0 bridgehead atoms. The molecule has 110 valence electrons. The Morgan fingerprint density at radius 2 is 2.25 bits per heavy atom. The van der Waals surface area contributed by atoms with E-state index in [1.54, 1.807) is 0 Å². The van der Waals surface area contributed by atoms with Crippen LogP contribution in [-0.4, -0.2) is 52.5 Å². The SMILES string of the molecule is COc1ncnc(NC2(CO)CCOCC2)c1[N+](=O)[O-]. The molecule has 2 rings (SSSR count). The molecule has 2 heterocycles. The third-order valence-corrected chi connectivity index (χ3v) is 3.30. The van der Waals surface area contributed by atoms with Crippen molar-refractivity contribution in [3.05, 3.63) is 16.4 Å². The number of aliphatic hydroxyl groups is 1. The number of ether oxygens (including phenoxy) is 2. The highest BCUT2D eigenvalue weighted by Crippen LogP contribution is 2.34. The molecule has 0 spiro atoms. The Balaban J connectivity index is 2.34. The highest BCUT2D eigenvalue weighted by atomic mass is 16.6. The molecule has 1 aliphatic heterocycles. The molecule has 2 N–H and O–H groups in total. The molecule has 0 radical (unpaired) electrons. The van der Waals surface area contributed by atoms with Crippen LogP contribution in [-0.2, 0) is 4.74 Å². The number of anilines is 1. The Hall–Kier alpha value is -2.00. The summed E-state index contributed by atoms with van der Waals surface area (Å²) in [5, 5.41) is 23.7. The van der Waals surface area contributed by atoms with E-state index in [0.717, 1.165) is 0 Å². The predicted molar refractivity (Wildman–Crippen MR) is 68.7 cm³/mol. The van der Waals surface area contributed by atoms with Crippen LogP contribution >= 0.6 is 0 Å². The minimum atomic E-state index is -0.678. The lowest BCUT2D eigenvalue weighted by atomic mass is 9.91. The van der Waals surface area contributed by atoms with E-state index < -0.39 is 10.5 Å². The van der Waals surface area contributed by atoms with Crippen molar-refractivity contribution in [1.82, 2.24) is 9.97 Å². The fraction of sp³-hybridized carbons (Fsp3) is 0.636. The molecule has 0 aliphatic carbocycles. The Kier molecular flexibility index (Phi) is 4.30. The number of methoxy groups -OCH3 is 1. The van der Waals surface area contributed by atoms with Gasteiger partial charge in [-0.2, -0.15) is 4.98 Å². The van der Waals surface area contributed by atoms with Gasteiger partial charge in [0.2, 0.25) is 5.82 Å². The van der Waals surface area contributed by atoms with Crippen LogP contribution < -0.4 is 10.1 Å². The van der Waals surface area contributed by atoms with Gasteiger partial charge in [-0.1, -0.05) is 0 Å². The number of nitrogens with one attached hydrogen (secondary N) is 1. The summed E-state index contributed by atoms with van der Waals surface area (Å²) < 4.78 is 10.1. The summed E-state index contributed by atoms with van der Waals surface area (Å²) in [4.78, 5) is 18.2. The first-order chi connectivity index (χ1) is 9.62. The maximum absolute atomic E-state index is 11.2. The van der Waals surface area contributed by atoms with Gasteiger partial charge < -0.3 is 19.9 Å². The fourth-order valence-corrected chi connectivity index (χ4v) is 2.10. The molecular formula is C11H16N4O5. The van der Waals surface area contributed by atoms with E-state index >= 15 is 0 Å². The second-order valence-corrected chi connectivity index (χ2v) is 4.51. The molecule has 20 heavy (non-hydrogen) atoms. The van der Waals surface area contributed by atoms with Crippen molar-refractivity contribution in [1.29, 1.82) is 0 Å². The van der Waals surface area contributed by atoms with Crippen molar-refractivity contribution in [2.75, 3.05) is 32.2 Å². The quantitative estimate of drug-likeness (QED) is 0.587. The maximum Gasteiger partial charge on any atom is 0.372 e. The molecule has 9 nitrogen and oxygen atoms in total. The summed E-state index contributed by atoms with van der Waals surface area (Å²) in [6.07, 6.45) is 2.25. The first-order valence-electron chi connectivity index (χ1n) is 6.12. The van der Waals surface area contributed by atoms with E-state index in [4.69, 9.17) is 9.47 Å². The van der Waals surface area contributed by atoms with Crippen LogP contribution in [0, 0.1) is 10.1 Å². The Labute approximate surface area is 115 Å². The molecule has 0 aromatic carbocycles. The van der Waals surface area contributed by atoms with Gasteiger partial charge >= 0.3 is 5.69 Å². The van der Waals surface area contributed by atoms with E-state index in [2.05, 4.69) is 15.3 Å². The number of hydrogen-bond acceptors (Lipinski definition) is 8. The topological polar surface area (TPSA) is 120 Å². The number of rotatable bonds is 5. The first-order valence-corrected chi connectivity index (χ1v) is 6.12. The normalized spacial score (nSPS) is 17.5. The summed E-state index contributed by atoms with van der Waals surface area (Å²) >= 11 is 0. The van der Waals surface area contributed by atoms with Gasteiger partial charge in [-0.3, -0.25) is 10.1 Å². The zero-order valence-electron chi connectivity index (χ0n) is 11.0.